The molecule has 2 atom stereocenters. The minimum atomic E-state index is -0.413. The number of carbonyl (C=O) groups is 1. The molecule has 1 saturated heterocycles. The summed E-state index contributed by atoms with van der Waals surface area (Å²) in [7, 11) is 0. The van der Waals surface area contributed by atoms with E-state index in [2.05, 4.69) is 0 Å². The first-order valence-electron chi connectivity index (χ1n) is 7.08. The first-order chi connectivity index (χ1) is 8.40. The van der Waals surface area contributed by atoms with E-state index in [0.717, 1.165) is 19.0 Å². The predicted molar refractivity (Wildman–Crippen MR) is 71.2 cm³/mol. The molecular weight excluding hydrogens is 228 g/mol. The van der Waals surface area contributed by atoms with Crippen molar-refractivity contribution in [1.29, 1.82) is 0 Å². The molecule has 0 aromatic carbocycles. The summed E-state index contributed by atoms with van der Waals surface area (Å²) in [6, 6.07) is 0. The lowest BCUT2D eigenvalue weighted by Gasteiger charge is -2.34. The van der Waals surface area contributed by atoms with Crippen molar-refractivity contribution >= 4 is 6.09 Å². The maximum atomic E-state index is 12.1. The number of rotatable bonds is 2. The van der Waals surface area contributed by atoms with Gasteiger partial charge < -0.3 is 15.4 Å². The maximum Gasteiger partial charge on any atom is 0.410 e. The highest BCUT2D eigenvalue weighted by molar-refractivity contribution is 5.68. The van der Waals surface area contributed by atoms with Gasteiger partial charge in [0.25, 0.3) is 0 Å². The summed E-state index contributed by atoms with van der Waals surface area (Å²) in [6.07, 6.45) is 3.78. The van der Waals surface area contributed by atoms with E-state index in [9.17, 15) is 4.79 Å². The Bertz CT molecular complexity index is 307. The summed E-state index contributed by atoms with van der Waals surface area (Å²) >= 11 is 0. The molecule has 2 N–H and O–H groups in total. The third-order valence-electron chi connectivity index (χ3n) is 4.20. The van der Waals surface area contributed by atoms with E-state index < -0.39 is 5.60 Å². The van der Waals surface area contributed by atoms with Crippen molar-refractivity contribution in [3.8, 4) is 0 Å². The van der Waals surface area contributed by atoms with Crippen LogP contribution in [0.15, 0.2) is 0 Å². The van der Waals surface area contributed by atoms with Gasteiger partial charge in [0.1, 0.15) is 5.60 Å². The van der Waals surface area contributed by atoms with Gasteiger partial charge in [0, 0.05) is 13.1 Å². The summed E-state index contributed by atoms with van der Waals surface area (Å²) in [4.78, 5) is 13.9. The van der Waals surface area contributed by atoms with Crippen molar-refractivity contribution in [2.24, 2.45) is 23.5 Å². The normalized spacial score (nSPS) is 29.2. The Morgan fingerprint density at radius 3 is 2.44 bits per heavy atom. The molecule has 0 bridgehead atoms. The fraction of sp³-hybridized carbons (Fsp3) is 0.929. The van der Waals surface area contributed by atoms with E-state index in [1.807, 2.05) is 25.7 Å². The quantitative estimate of drug-likeness (QED) is 0.822. The predicted octanol–water partition coefficient (Wildman–Crippen LogP) is 2.23. The molecule has 4 nitrogen and oxygen atoms in total. The van der Waals surface area contributed by atoms with E-state index in [4.69, 9.17) is 10.5 Å². The first kappa shape index (κ1) is 13.7. The standard InChI is InChI=1S/C14H26N2O2/c1-14(2,3)18-13(17)16-8-11(7-15)12(9-16)10-5-4-6-10/h10-12H,4-9,15H2,1-3H3. The van der Waals surface area contributed by atoms with Gasteiger partial charge in [-0.3, -0.25) is 0 Å². The Balaban J connectivity index is 1.93. The third-order valence-corrected chi connectivity index (χ3v) is 4.20. The van der Waals surface area contributed by atoms with Crippen LogP contribution in [0.25, 0.3) is 0 Å². The van der Waals surface area contributed by atoms with E-state index in [0.29, 0.717) is 18.4 Å². The Morgan fingerprint density at radius 1 is 1.33 bits per heavy atom. The molecule has 1 amide bonds. The molecule has 0 aromatic heterocycles. The van der Waals surface area contributed by atoms with Gasteiger partial charge >= 0.3 is 6.09 Å². The number of nitrogens with zero attached hydrogens (tertiary/aromatic N) is 1. The van der Waals surface area contributed by atoms with Crippen LogP contribution in [0.3, 0.4) is 0 Å². The lowest BCUT2D eigenvalue weighted by molar-refractivity contribution is 0.0277. The highest BCUT2D eigenvalue weighted by atomic mass is 16.6. The minimum absolute atomic E-state index is 0.178. The molecule has 1 heterocycles. The molecule has 1 aliphatic heterocycles. The lowest BCUT2D eigenvalue weighted by Crippen LogP contribution is -2.36. The van der Waals surface area contributed by atoms with Crippen molar-refractivity contribution in [3.63, 3.8) is 0 Å². The van der Waals surface area contributed by atoms with Crippen LogP contribution in [0, 0.1) is 17.8 Å². The fourth-order valence-electron chi connectivity index (χ4n) is 3.02. The second-order valence-corrected chi connectivity index (χ2v) is 6.74. The molecule has 104 valence electrons. The first-order valence-corrected chi connectivity index (χ1v) is 7.08. The number of nitrogens with two attached hydrogens (primary N) is 1. The van der Waals surface area contributed by atoms with Crippen molar-refractivity contribution in [1.82, 2.24) is 4.90 Å². The van der Waals surface area contributed by atoms with Crippen LogP contribution in [0.1, 0.15) is 40.0 Å². The monoisotopic (exact) mass is 254 g/mol. The molecule has 2 fully saturated rings. The lowest BCUT2D eigenvalue weighted by atomic mass is 9.72. The molecule has 2 rings (SSSR count). The Kier molecular flexibility index (Phi) is 3.85. The number of hydrogen-bond donors (Lipinski definition) is 1. The maximum absolute atomic E-state index is 12.1. The van der Waals surface area contributed by atoms with Gasteiger partial charge in [0.05, 0.1) is 0 Å². The van der Waals surface area contributed by atoms with Crippen LogP contribution in [0.2, 0.25) is 0 Å². The van der Waals surface area contributed by atoms with E-state index in [-0.39, 0.29) is 6.09 Å². The molecule has 1 aliphatic carbocycles. The Hall–Kier alpha value is -0.770. The summed E-state index contributed by atoms with van der Waals surface area (Å²) in [6.45, 7) is 8.01. The average Bonchev–Trinajstić information content (AvgIpc) is 2.56. The third kappa shape index (κ3) is 2.97. The number of amides is 1. The highest BCUT2D eigenvalue weighted by Gasteiger charge is 2.41. The largest absolute Gasteiger partial charge is 0.444 e. The smallest absolute Gasteiger partial charge is 0.410 e. The summed E-state index contributed by atoms with van der Waals surface area (Å²) in [5.41, 5.74) is 5.44. The van der Waals surface area contributed by atoms with Crippen molar-refractivity contribution in [2.45, 2.75) is 45.6 Å². The van der Waals surface area contributed by atoms with Gasteiger partial charge in [-0.15, -0.1) is 0 Å². The second kappa shape index (κ2) is 5.08. The van der Waals surface area contributed by atoms with Crippen LogP contribution in [-0.2, 0) is 4.74 Å². The molecule has 2 aliphatic rings. The van der Waals surface area contributed by atoms with Gasteiger partial charge in [-0.25, -0.2) is 4.79 Å². The van der Waals surface area contributed by atoms with Gasteiger partial charge in [-0.05, 0) is 45.1 Å². The van der Waals surface area contributed by atoms with Crippen LogP contribution in [-0.4, -0.2) is 36.2 Å². The number of carbonyl (C=O) groups excluding carboxylic acids is 1. The van der Waals surface area contributed by atoms with Crippen LogP contribution in [0.4, 0.5) is 4.79 Å². The fourth-order valence-corrected chi connectivity index (χ4v) is 3.02. The zero-order valence-electron chi connectivity index (χ0n) is 11.8. The van der Waals surface area contributed by atoms with E-state index in [1.165, 1.54) is 19.3 Å². The second-order valence-electron chi connectivity index (χ2n) is 6.74. The number of ether oxygens (including phenoxy) is 1. The van der Waals surface area contributed by atoms with Crippen molar-refractivity contribution in [2.75, 3.05) is 19.6 Å². The minimum Gasteiger partial charge on any atom is -0.444 e. The van der Waals surface area contributed by atoms with Crippen molar-refractivity contribution < 1.29 is 9.53 Å². The molecule has 18 heavy (non-hydrogen) atoms. The van der Waals surface area contributed by atoms with Crippen LogP contribution < -0.4 is 5.73 Å². The van der Waals surface area contributed by atoms with Crippen LogP contribution >= 0.6 is 0 Å². The topological polar surface area (TPSA) is 55.6 Å². The molecule has 0 radical (unpaired) electrons. The SMILES string of the molecule is CC(C)(C)OC(=O)N1CC(CN)C(C2CCC2)C1. The highest BCUT2D eigenvalue weighted by Crippen LogP contribution is 2.40. The zero-order valence-corrected chi connectivity index (χ0v) is 11.8. The number of likely N-dealkylation sites (tertiary alicyclic amines) is 1. The Morgan fingerprint density at radius 2 is 2.00 bits per heavy atom. The molecule has 1 saturated carbocycles. The Labute approximate surface area is 110 Å². The van der Waals surface area contributed by atoms with Crippen LogP contribution in [0.5, 0.6) is 0 Å². The number of hydrogen-bond acceptors (Lipinski definition) is 3. The van der Waals surface area contributed by atoms with E-state index in [1.54, 1.807) is 0 Å². The summed E-state index contributed by atoms with van der Waals surface area (Å²) in [5, 5.41) is 0. The molecule has 0 aromatic rings. The molecule has 2 unspecified atom stereocenters. The van der Waals surface area contributed by atoms with Gasteiger partial charge in [-0.1, -0.05) is 19.3 Å². The van der Waals surface area contributed by atoms with E-state index >= 15 is 0 Å². The molecule has 0 spiro atoms. The summed E-state index contributed by atoms with van der Waals surface area (Å²) in [5.74, 6) is 1.84. The molecular formula is C14H26N2O2. The molecule has 4 heteroatoms. The van der Waals surface area contributed by atoms with Gasteiger partial charge in [0.2, 0.25) is 0 Å². The summed E-state index contributed by atoms with van der Waals surface area (Å²) < 4.78 is 5.44. The van der Waals surface area contributed by atoms with Gasteiger partial charge in [-0.2, -0.15) is 0 Å². The van der Waals surface area contributed by atoms with Crippen molar-refractivity contribution in [3.05, 3.63) is 0 Å². The van der Waals surface area contributed by atoms with Gasteiger partial charge in [0.15, 0.2) is 0 Å². The zero-order chi connectivity index (χ0) is 13.3. The average molecular weight is 254 g/mol.